The summed E-state index contributed by atoms with van der Waals surface area (Å²) in [7, 11) is 0. The Balaban J connectivity index is 0.000000288. The fraction of sp³-hybridized carbons (Fsp3) is 0.222. The minimum Gasteiger partial charge on any atom is -0.473 e. The van der Waals surface area contributed by atoms with Gasteiger partial charge in [0.25, 0.3) is 0 Å². The van der Waals surface area contributed by atoms with Crippen LogP contribution in [0.2, 0.25) is 0 Å². The third kappa shape index (κ3) is 7.15. The molecule has 0 atom stereocenters. The summed E-state index contributed by atoms with van der Waals surface area (Å²) in [6.45, 7) is 0.200. The van der Waals surface area contributed by atoms with Gasteiger partial charge >= 0.3 is 11.9 Å². The van der Waals surface area contributed by atoms with Crippen molar-refractivity contribution in [1.29, 1.82) is 0 Å². The zero-order valence-electron chi connectivity index (χ0n) is 7.83. The van der Waals surface area contributed by atoms with Crippen LogP contribution in [-0.4, -0.2) is 38.8 Å². The summed E-state index contributed by atoms with van der Waals surface area (Å²) in [5.74, 6) is -3.65. The van der Waals surface area contributed by atoms with E-state index < -0.39 is 11.9 Å². The van der Waals surface area contributed by atoms with E-state index in [-0.39, 0.29) is 6.61 Å². The summed E-state index contributed by atoms with van der Waals surface area (Å²) in [5.41, 5.74) is 1.08. The van der Waals surface area contributed by atoms with E-state index in [1.165, 1.54) is 0 Å². The van der Waals surface area contributed by atoms with Crippen LogP contribution in [0.3, 0.4) is 0 Å². The molecule has 15 heavy (non-hydrogen) atoms. The topological polar surface area (TPSA) is 108 Å². The quantitative estimate of drug-likeness (QED) is 0.586. The van der Waals surface area contributed by atoms with Gasteiger partial charge < -0.3 is 15.3 Å². The number of carboxylic acids is 2. The molecule has 6 nitrogen and oxygen atoms in total. The Kier molecular flexibility index (Phi) is 6.48. The molecule has 0 aliphatic heterocycles. The molecule has 0 saturated heterocycles. The number of aromatic nitrogens is 1. The first-order valence-electron chi connectivity index (χ1n) is 4.04. The van der Waals surface area contributed by atoms with Crippen molar-refractivity contribution in [3.8, 4) is 0 Å². The van der Waals surface area contributed by atoms with E-state index in [4.69, 9.17) is 24.9 Å². The summed E-state index contributed by atoms with van der Waals surface area (Å²) >= 11 is 0. The number of aliphatic carboxylic acids is 2. The number of carbonyl (C=O) groups is 2. The largest absolute Gasteiger partial charge is 0.473 e. The molecule has 1 rings (SSSR count). The highest BCUT2D eigenvalue weighted by Crippen LogP contribution is 1.94. The summed E-state index contributed by atoms with van der Waals surface area (Å²) in [4.78, 5) is 22.1. The van der Waals surface area contributed by atoms with Crippen molar-refractivity contribution in [1.82, 2.24) is 4.98 Å². The Morgan fingerprint density at radius 2 is 1.87 bits per heavy atom. The molecule has 6 heteroatoms. The molecule has 0 aliphatic rings. The normalized spacial score (nSPS) is 8.60. The minimum atomic E-state index is -1.82. The molecule has 3 N–H and O–H groups in total. The zero-order valence-corrected chi connectivity index (χ0v) is 7.83. The van der Waals surface area contributed by atoms with Crippen LogP contribution in [0.1, 0.15) is 5.56 Å². The maximum atomic E-state index is 9.10. The SMILES string of the molecule is O=C(O)C(=O)O.OCCc1cccnc1. The number of carboxylic acid groups (broad SMARTS) is 2. The van der Waals surface area contributed by atoms with Gasteiger partial charge in [0.2, 0.25) is 0 Å². The van der Waals surface area contributed by atoms with Crippen molar-refractivity contribution in [3.63, 3.8) is 0 Å². The third-order valence-electron chi connectivity index (χ3n) is 1.31. The second kappa shape index (κ2) is 7.45. The molecule has 1 heterocycles. The zero-order chi connectivity index (χ0) is 11.7. The molecular weight excluding hydrogens is 202 g/mol. The first kappa shape index (κ1) is 13.1. The van der Waals surface area contributed by atoms with Gasteiger partial charge in [-0.3, -0.25) is 4.98 Å². The van der Waals surface area contributed by atoms with Gasteiger partial charge in [-0.05, 0) is 18.1 Å². The molecule has 1 aromatic rings. The van der Waals surface area contributed by atoms with Crippen molar-refractivity contribution < 1.29 is 24.9 Å². The van der Waals surface area contributed by atoms with Crippen molar-refractivity contribution in [2.45, 2.75) is 6.42 Å². The van der Waals surface area contributed by atoms with Gasteiger partial charge in [-0.2, -0.15) is 0 Å². The lowest BCUT2D eigenvalue weighted by molar-refractivity contribution is -0.159. The first-order valence-corrected chi connectivity index (χ1v) is 4.04. The lowest BCUT2D eigenvalue weighted by Gasteiger charge is -1.92. The maximum Gasteiger partial charge on any atom is 0.414 e. The highest BCUT2D eigenvalue weighted by molar-refractivity contribution is 6.27. The van der Waals surface area contributed by atoms with Gasteiger partial charge in [-0.1, -0.05) is 6.07 Å². The van der Waals surface area contributed by atoms with E-state index in [9.17, 15) is 0 Å². The lowest BCUT2D eigenvalue weighted by Crippen LogP contribution is -2.09. The number of pyridine rings is 1. The number of nitrogens with zero attached hydrogens (tertiary/aromatic N) is 1. The van der Waals surface area contributed by atoms with Crippen LogP contribution in [0.4, 0.5) is 0 Å². The molecule has 0 spiro atoms. The number of hydrogen-bond donors (Lipinski definition) is 3. The second-order valence-electron chi connectivity index (χ2n) is 2.45. The molecule has 0 amide bonds. The van der Waals surface area contributed by atoms with Gasteiger partial charge in [-0.25, -0.2) is 9.59 Å². The van der Waals surface area contributed by atoms with E-state index in [1.54, 1.807) is 12.4 Å². The molecule has 82 valence electrons. The standard InChI is InChI=1S/C7H9NO.C2H2O4/c9-5-3-7-2-1-4-8-6-7;3-1(4)2(5)6/h1-2,4,6,9H,3,5H2;(H,3,4)(H,5,6). The Morgan fingerprint density at radius 3 is 2.20 bits per heavy atom. The smallest absolute Gasteiger partial charge is 0.414 e. The van der Waals surface area contributed by atoms with Gasteiger partial charge in [0, 0.05) is 19.0 Å². The van der Waals surface area contributed by atoms with Gasteiger partial charge in [0.1, 0.15) is 0 Å². The molecule has 0 radical (unpaired) electrons. The Morgan fingerprint density at radius 1 is 1.27 bits per heavy atom. The molecule has 0 saturated carbocycles. The second-order valence-corrected chi connectivity index (χ2v) is 2.45. The molecular formula is C9H11NO5. The molecule has 0 fully saturated rings. The number of hydrogen-bond acceptors (Lipinski definition) is 4. The van der Waals surface area contributed by atoms with E-state index in [0.29, 0.717) is 6.42 Å². The first-order chi connectivity index (χ1) is 7.07. The third-order valence-corrected chi connectivity index (χ3v) is 1.31. The average Bonchev–Trinajstić information content (AvgIpc) is 2.20. The number of aliphatic hydroxyl groups is 1. The minimum absolute atomic E-state index is 0.200. The van der Waals surface area contributed by atoms with Crippen molar-refractivity contribution in [2.24, 2.45) is 0 Å². The summed E-state index contributed by atoms with van der Waals surface area (Å²) in [6, 6.07) is 3.81. The molecule has 0 aromatic carbocycles. The number of rotatable bonds is 2. The van der Waals surface area contributed by atoms with E-state index >= 15 is 0 Å². The summed E-state index contributed by atoms with van der Waals surface area (Å²) in [6.07, 6.45) is 4.19. The highest BCUT2D eigenvalue weighted by atomic mass is 16.4. The van der Waals surface area contributed by atoms with Crippen LogP contribution in [0.25, 0.3) is 0 Å². The fourth-order valence-corrected chi connectivity index (χ4v) is 0.675. The Hall–Kier alpha value is -1.95. The van der Waals surface area contributed by atoms with Gasteiger partial charge in [0.15, 0.2) is 0 Å². The van der Waals surface area contributed by atoms with Gasteiger partial charge in [0.05, 0.1) is 0 Å². The van der Waals surface area contributed by atoms with Gasteiger partial charge in [-0.15, -0.1) is 0 Å². The van der Waals surface area contributed by atoms with Crippen LogP contribution in [0.5, 0.6) is 0 Å². The summed E-state index contributed by atoms with van der Waals surface area (Å²) in [5, 5.41) is 23.3. The van der Waals surface area contributed by atoms with Crippen LogP contribution < -0.4 is 0 Å². The molecule has 1 aromatic heterocycles. The lowest BCUT2D eigenvalue weighted by atomic mass is 10.2. The maximum absolute atomic E-state index is 9.10. The van der Waals surface area contributed by atoms with Crippen LogP contribution in [0.15, 0.2) is 24.5 Å². The molecule has 0 unspecified atom stereocenters. The van der Waals surface area contributed by atoms with E-state index in [1.807, 2.05) is 12.1 Å². The predicted octanol–water partition coefficient (Wildman–Crippen LogP) is -0.228. The van der Waals surface area contributed by atoms with Crippen LogP contribution >= 0.6 is 0 Å². The Labute approximate surface area is 85.8 Å². The van der Waals surface area contributed by atoms with E-state index in [2.05, 4.69) is 4.98 Å². The van der Waals surface area contributed by atoms with Crippen LogP contribution in [-0.2, 0) is 16.0 Å². The highest BCUT2D eigenvalue weighted by Gasteiger charge is 2.04. The Bertz CT molecular complexity index is 300. The molecule has 0 aliphatic carbocycles. The van der Waals surface area contributed by atoms with Crippen molar-refractivity contribution in [3.05, 3.63) is 30.1 Å². The van der Waals surface area contributed by atoms with Crippen LogP contribution in [0, 0.1) is 0 Å². The number of aliphatic hydroxyl groups excluding tert-OH is 1. The van der Waals surface area contributed by atoms with E-state index in [0.717, 1.165) is 5.56 Å². The predicted molar refractivity (Wildman–Crippen MR) is 50.3 cm³/mol. The van der Waals surface area contributed by atoms with Crippen molar-refractivity contribution in [2.75, 3.05) is 6.61 Å². The summed E-state index contributed by atoms with van der Waals surface area (Å²) < 4.78 is 0. The molecule has 0 bridgehead atoms. The average molecular weight is 213 g/mol. The monoisotopic (exact) mass is 213 g/mol. The fourth-order valence-electron chi connectivity index (χ4n) is 0.675. The van der Waals surface area contributed by atoms with Crippen molar-refractivity contribution >= 4 is 11.9 Å².